The zero-order valence-corrected chi connectivity index (χ0v) is 12.1. The molecule has 0 bridgehead atoms. The van der Waals surface area contributed by atoms with Crippen LogP contribution in [0, 0.1) is 0 Å². The van der Waals surface area contributed by atoms with E-state index in [-0.39, 0.29) is 16.4 Å². The number of ketones is 1. The van der Waals surface area contributed by atoms with E-state index < -0.39 is 29.9 Å². The Kier molecular flexibility index (Phi) is 6.07. The molecule has 21 heavy (non-hydrogen) atoms. The number of esters is 1. The van der Waals surface area contributed by atoms with Gasteiger partial charge in [0.2, 0.25) is 0 Å². The number of Topliss-reactive ketones (excluding diaryl/α,β-unsaturated/α-hetero) is 1. The maximum atomic E-state index is 12.7. The molecule has 0 aliphatic carbocycles. The molecule has 0 heterocycles. The number of benzene rings is 1. The summed E-state index contributed by atoms with van der Waals surface area (Å²) in [6.07, 6.45) is -4.90. The smallest absolute Gasteiger partial charge is 0.416 e. The molecule has 0 saturated carbocycles. The predicted octanol–water partition coefficient (Wildman–Crippen LogP) is 2.94. The van der Waals surface area contributed by atoms with Gasteiger partial charge in [-0.2, -0.15) is 13.2 Å². The SMILES string of the molecule is COC(=O)CC(=O)CSc1cc(OC)cc(C(F)(F)F)c1. The Morgan fingerprint density at radius 1 is 1.19 bits per heavy atom. The summed E-state index contributed by atoms with van der Waals surface area (Å²) >= 11 is 0.903. The average molecular weight is 322 g/mol. The van der Waals surface area contributed by atoms with E-state index in [0.29, 0.717) is 0 Å². The van der Waals surface area contributed by atoms with Crippen molar-refractivity contribution in [3.63, 3.8) is 0 Å². The third kappa shape index (κ3) is 5.66. The molecule has 0 radical (unpaired) electrons. The van der Waals surface area contributed by atoms with E-state index in [1.807, 2.05) is 0 Å². The summed E-state index contributed by atoms with van der Waals surface area (Å²) in [5.41, 5.74) is -0.857. The normalized spacial score (nSPS) is 11.1. The summed E-state index contributed by atoms with van der Waals surface area (Å²) in [5.74, 6) is -1.18. The van der Waals surface area contributed by atoms with Gasteiger partial charge in [-0.1, -0.05) is 0 Å². The molecule has 1 aromatic carbocycles. The maximum absolute atomic E-state index is 12.7. The number of carbonyl (C=O) groups excluding carboxylic acids is 2. The van der Waals surface area contributed by atoms with Crippen molar-refractivity contribution in [2.75, 3.05) is 20.0 Å². The molecule has 0 aliphatic rings. The molecular weight excluding hydrogens is 309 g/mol. The Balaban J connectivity index is 2.79. The minimum atomic E-state index is -4.50. The lowest BCUT2D eigenvalue weighted by molar-refractivity contribution is -0.143. The van der Waals surface area contributed by atoms with Gasteiger partial charge in [0, 0.05) is 4.90 Å². The van der Waals surface area contributed by atoms with Crippen molar-refractivity contribution in [3.8, 4) is 5.75 Å². The van der Waals surface area contributed by atoms with E-state index in [9.17, 15) is 22.8 Å². The lowest BCUT2D eigenvalue weighted by atomic mass is 10.2. The van der Waals surface area contributed by atoms with Gasteiger partial charge in [0.1, 0.15) is 12.2 Å². The van der Waals surface area contributed by atoms with Crippen LogP contribution in [0.2, 0.25) is 0 Å². The molecule has 0 N–H and O–H groups in total. The van der Waals surface area contributed by atoms with Gasteiger partial charge in [-0.25, -0.2) is 0 Å². The Morgan fingerprint density at radius 3 is 2.38 bits per heavy atom. The van der Waals surface area contributed by atoms with Gasteiger partial charge in [-0.15, -0.1) is 11.8 Å². The highest BCUT2D eigenvalue weighted by Gasteiger charge is 2.31. The Bertz CT molecular complexity index is 529. The fourth-order valence-electron chi connectivity index (χ4n) is 1.38. The van der Waals surface area contributed by atoms with E-state index in [4.69, 9.17) is 4.74 Å². The van der Waals surface area contributed by atoms with Crippen molar-refractivity contribution in [2.45, 2.75) is 17.5 Å². The molecule has 1 rings (SSSR count). The summed E-state index contributed by atoms with van der Waals surface area (Å²) in [4.78, 5) is 22.6. The number of halogens is 3. The lowest BCUT2D eigenvalue weighted by Crippen LogP contribution is -2.11. The van der Waals surface area contributed by atoms with Crippen molar-refractivity contribution in [3.05, 3.63) is 23.8 Å². The quantitative estimate of drug-likeness (QED) is 0.458. The zero-order chi connectivity index (χ0) is 16.0. The topological polar surface area (TPSA) is 52.6 Å². The molecule has 8 heteroatoms. The fourth-order valence-corrected chi connectivity index (χ4v) is 2.22. The minimum absolute atomic E-state index is 0.0488. The second-order valence-corrected chi connectivity index (χ2v) is 5.02. The number of hydrogen-bond donors (Lipinski definition) is 0. The van der Waals surface area contributed by atoms with Crippen LogP contribution < -0.4 is 4.74 Å². The number of rotatable bonds is 6. The summed E-state index contributed by atoms with van der Waals surface area (Å²) in [6.45, 7) is 0. The van der Waals surface area contributed by atoms with Gasteiger partial charge in [0.05, 0.1) is 25.5 Å². The van der Waals surface area contributed by atoms with Crippen LogP contribution in [0.15, 0.2) is 23.1 Å². The van der Waals surface area contributed by atoms with Gasteiger partial charge < -0.3 is 9.47 Å². The van der Waals surface area contributed by atoms with Gasteiger partial charge in [0.25, 0.3) is 0 Å². The summed E-state index contributed by atoms with van der Waals surface area (Å²) in [5, 5.41) is 0. The van der Waals surface area contributed by atoms with Gasteiger partial charge in [-0.05, 0) is 18.2 Å². The number of methoxy groups -OCH3 is 2. The minimum Gasteiger partial charge on any atom is -0.497 e. The number of ether oxygens (including phenoxy) is 2. The van der Waals surface area contributed by atoms with E-state index in [1.54, 1.807) is 0 Å². The fraction of sp³-hybridized carbons (Fsp3) is 0.385. The molecule has 0 spiro atoms. The zero-order valence-electron chi connectivity index (χ0n) is 11.3. The van der Waals surface area contributed by atoms with Gasteiger partial charge in [0.15, 0.2) is 5.78 Å². The van der Waals surface area contributed by atoms with Crippen LogP contribution in [0.1, 0.15) is 12.0 Å². The van der Waals surface area contributed by atoms with Gasteiger partial charge in [-0.3, -0.25) is 9.59 Å². The third-order valence-corrected chi connectivity index (χ3v) is 3.45. The van der Waals surface area contributed by atoms with Crippen molar-refractivity contribution >= 4 is 23.5 Å². The summed E-state index contributed by atoms with van der Waals surface area (Å²) in [6, 6.07) is 3.20. The second kappa shape index (κ2) is 7.35. The van der Waals surface area contributed by atoms with Crippen molar-refractivity contribution in [1.29, 1.82) is 0 Å². The molecular formula is C13H13F3O4S. The number of thioether (sulfide) groups is 1. The highest BCUT2D eigenvalue weighted by molar-refractivity contribution is 8.00. The second-order valence-electron chi connectivity index (χ2n) is 3.98. The Morgan fingerprint density at radius 2 is 1.86 bits per heavy atom. The van der Waals surface area contributed by atoms with Crippen LogP contribution in [-0.2, 0) is 20.5 Å². The Hall–Kier alpha value is -1.70. The van der Waals surface area contributed by atoms with Crippen LogP contribution in [0.3, 0.4) is 0 Å². The van der Waals surface area contributed by atoms with Crippen molar-refractivity contribution in [2.24, 2.45) is 0 Å². The van der Waals surface area contributed by atoms with Crippen LogP contribution in [0.4, 0.5) is 13.2 Å². The number of carbonyl (C=O) groups is 2. The van der Waals surface area contributed by atoms with Crippen LogP contribution in [0.25, 0.3) is 0 Å². The maximum Gasteiger partial charge on any atom is 0.416 e. The van der Waals surface area contributed by atoms with E-state index in [1.165, 1.54) is 13.2 Å². The molecule has 0 fully saturated rings. The predicted molar refractivity (Wildman–Crippen MR) is 70.4 cm³/mol. The van der Waals surface area contributed by atoms with E-state index >= 15 is 0 Å². The number of hydrogen-bond acceptors (Lipinski definition) is 5. The molecule has 0 aromatic heterocycles. The molecule has 1 aromatic rings. The molecule has 0 amide bonds. The first-order valence-corrected chi connectivity index (χ1v) is 6.72. The first-order valence-electron chi connectivity index (χ1n) is 5.74. The van der Waals surface area contributed by atoms with Gasteiger partial charge >= 0.3 is 12.1 Å². The number of alkyl halides is 3. The molecule has 116 valence electrons. The molecule has 0 unspecified atom stereocenters. The van der Waals surface area contributed by atoms with E-state index in [2.05, 4.69) is 4.74 Å². The van der Waals surface area contributed by atoms with Crippen molar-refractivity contribution < 1.29 is 32.2 Å². The Labute approximate surface area is 123 Å². The highest BCUT2D eigenvalue weighted by Crippen LogP contribution is 2.35. The average Bonchev–Trinajstić information content (AvgIpc) is 2.43. The molecule has 0 aliphatic heterocycles. The monoisotopic (exact) mass is 322 g/mol. The standard InChI is InChI=1S/C13H13F3O4S/c1-19-10-3-8(13(14,15)16)4-11(6-10)21-7-9(17)5-12(18)20-2/h3-4,6H,5,7H2,1-2H3. The van der Waals surface area contributed by atoms with Crippen LogP contribution >= 0.6 is 11.8 Å². The molecule has 0 atom stereocenters. The largest absolute Gasteiger partial charge is 0.497 e. The molecule has 0 saturated heterocycles. The van der Waals surface area contributed by atoms with Crippen molar-refractivity contribution in [1.82, 2.24) is 0 Å². The third-order valence-electron chi connectivity index (χ3n) is 2.41. The van der Waals surface area contributed by atoms with Crippen LogP contribution in [-0.4, -0.2) is 31.7 Å². The first-order chi connectivity index (χ1) is 9.76. The molecule has 4 nitrogen and oxygen atoms in total. The highest BCUT2D eigenvalue weighted by atomic mass is 32.2. The lowest BCUT2D eigenvalue weighted by Gasteiger charge is -2.11. The first kappa shape index (κ1) is 17.4. The summed E-state index contributed by atoms with van der Waals surface area (Å²) < 4.78 is 47.3. The van der Waals surface area contributed by atoms with Crippen LogP contribution in [0.5, 0.6) is 5.75 Å². The summed E-state index contributed by atoms with van der Waals surface area (Å²) in [7, 11) is 2.41. The van der Waals surface area contributed by atoms with E-state index in [0.717, 1.165) is 31.0 Å².